The minimum absolute atomic E-state index is 0.209. The Hall–Kier alpha value is -1.76. The van der Waals surface area contributed by atoms with Crippen molar-refractivity contribution in [3.63, 3.8) is 0 Å². The van der Waals surface area contributed by atoms with Crippen molar-refractivity contribution in [3.05, 3.63) is 29.3 Å². The maximum absolute atomic E-state index is 12.5. The van der Waals surface area contributed by atoms with E-state index in [-0.39, 0.29) is 11.3 Å². The molecule has 0 fully saturated rings. The predicted molar refractivity (Wildman–Crippen MR) is 66.7 cm³/mol. The lowest BCUT2D eigenvalue weighted by atomic mass is 10.0. The van der Waals surface area contributed by atoms with Crippen molar-refractivity contribution in [2.75, 3.05) is 11.9 Å². The molecule has 7 heteroatoms. The molecule has 1 aromatic carbocycles. The molecule has 19 heavy (non-hydrogen) atoms. The topological polar surface area (TPSA) is 81.1 Å². The number of halogens is 3. The molecule has 0 unspecified atom stereocenters. The summed E-state index contributed by atoms with van der Waals surface area (Å²) in [6, 6.07) is 2.79. The van der Waals surface area contributed by atoms with Gasteiger partial charge in [-0.2, -0.15) is 13.2 Å². The van der Waals surface area contributed by atoms with Gasteiger partial charge in [0.25, 0.3) is 5.91 Å². The number of hydrogen-bond donors (Lipinski definition) is 3. The van der Waals surface area contributed by atoms with Crippen LogP contribution in [0, 0.1) is 0 Å². The first-order chi connectivity index (χ1) is 8.50. The Balaban J connectivity index is 3.09. The van der Waals surface area contributed by atoms with Gasteiger partial charge < -0.3 is 16.8 Å². The van der Waals surface area contributed by atoms with Crippen molar-refractivity contribution in [2.24, 2.45) is 11.5 Å². The first kappa shape index (κ1) is 15.3. The van der Waals surface area contributed by atoms with Gasteiger partial charge in [0.2, 0.25) is 0 Å². The van der Waals surface area contributed by atoms with Crippen LogP contribution in [0.15, 0.2) is 18.2 Å². The molecule has 0 aliphatic carbocycles. The molecule has 0 radical (unpaired) electrons. The van der Waals surface area contributed by atoms with E-state index in [4.69, 9.17) is 11.5 Å². The number of hydrogen-bond acceptors (Lipinski definition) is 3. The molecule has 0 aliphatic rings. The molecule has 1 rings (SSSR count). The molecular weight excluding hydrogens is 259 g/mol. The molecule has 0 aliphatic heterocycles. The van der Waals surface area contributed by atoms with Crippen LogP contribution in [-0.2, 0) is 6.18 Å². The predicted octanol–water partition coefficient (Wildman–Crippen LogP) is 1.95. The quantitative estimate of drug-likeness (QED) is 0.785. The summed E-state index contributed by atoms with van der Waals surface area (Å²) in [6.07, 6.45) is -4.52. The fourth-order valence-electron chi connectivity index (χ4n) is 1.40. The number of rotatable bonds is 4. The lowest BCUT2D eigenvalue weighted by molar-refractivity contribution is -0.137. The molecule has 4 nitrogen and oxygen atoms in total. The van der Waals surface area contributed by atoms with Gasteiger partial charge in [-0.1, -0.05) is 0 Å². The smallest absolute Gasteiger partial charge is 0.383 e. The highest BCUT2D eigenvalue weighted by atomic mass is 19.4. The van der Waals surface area contributed by atoms with E-state index in [1.165, 1.54) is 6.07 Å². The van der Waals surface area contributed by atoms with Crippen molar-refractivity contribution >= 4 is 11.6 Å². The van der Waals surface area contributed by atoms with Crippen LogP contribution >= 0.6 is 0 Å². The van der Waals surface area contributed by atoms with Crippen molar-refractivity contribution in [1.29, 1.82) is 0 Å². The van der Waals surface area contributed by atoms with Gasteiger partial charge >= 0.3 is 6.18 Å². The second-order valence-electron chi connectivity index (χ2n) is 4.96. The van der Waals surface area contributed by atoms with Crippen LogP contribution in [0.1, 0.15) is 29.8 Å². The molecule has 1 aromatic rings. The van der Waals surface area contributed by atoms with E-state index in [2.05, 4.69) is 5.32 Å². The largest absolute Gasteiger partial charge is 0.416 e. The van der Waals surface area contributed by atoms with Gasteiger partial charge in [-0.25, -0.2) is 0 Å². The standard InChI is InChI=1S/C12H16F3N3O/c1-11(2,17)6-18-9-4-3-7(12(13,14)15)5-8(9)10(16)19/h3-5,18H,6,17H2,1-2H3,(H2,16,19). The second-order valence-corrected chi connectivity index (χ2v) is 4.96. The van der Waals surface area contributed by atoms with E-state index in [0.29, 0.717) is 6.54 Å². The van der Waals surface area contributed by atoms with E-state index in [1.807, 2.05) is 0 Å². The Bertz CT molecular complexity index is 478. The van der Waals surface area contributed by atoms with Crippen LogP contribution in [0.25, 0.3) is 0 Å². The number of nitrogens with two attached hydrogens (primary N) is 2. The molecule has 0 spiro atoms. The van der Waals surface area contributed by atoms with Gasteiger partial charge in [0.15, 0.2) is 0 Å². The van der Waals surface area contributed by atoms with Gasteiger partial charge in [-0.05, 0) is 32.0 Å². The minimum Gasteiger partial charge on any atom is -0.383 e. The fourth-order valence-corrected chi connectivity index (χ4v) is 1.40. The van der Waals surface area contributed by atoms with Gasteiger partial charge in [-0.3, -0.25) is 4.79 Å². The van der Waals surface area contributed by atoms with Gasteiger partial charge in [0.05, 0.1) is 11.1 Å². The molecular formula is C12H16F3N3O. The van der Waals surface area contributed by atoms with Crippen LogP contribution in [0.5, 0.6) is 0 Å². The number of anilines is 1. The van der Waals surface area contributed by atoms with E-state index in [1.54, 1.807) is 13.8 Å². The van der Waals surface area contributed by atoms with Crippen LogP contribution in [0.3, 0.4) is 0 Å². The van der Waals surface area contributed by atoms with E-state index >= 15 is 0 Å². The number of carbonyl (C=O) groups excluding carboxylic acids is 1. The monoisotopic (exact) mass is 275 g/mol. The highest BCUT2D eigenvalue weighted by molar-refractivity contribution is 5.98. The van der Waals surface area contributed by atoms with Crippen LogP contribution in [0.4, 0.5) is 18.9 Å². The summed E-state index contributed by atoms with van der Waals surface area (Å²) in [4.78, 5) is 11.2. The molecule has 0 saturated heterocycles. The third kappa shape index (κ3) is 4.44. The summed E-state index contributed by atoms with van der Waals surface area (Å²) in [6.45, 7) is 3.78. The summed E-state index contributed by atoms with van der Waals surface area (Å²) in [5.41, 5.74) is 9.37. The number of nitrogens with one attached hydrogen (secondary N) is 1. The average Bonchev–Trinajstić information content (AvgIpc) is 2.23. The SMILES string of the molecule is CC(C)(N)CNc1ccc(C(F)(F)F)cc1C(N)=O. The zero-order valence-electron chi connectivity index (χ0n) is 10.6. The molecule has 0 heterocycles. The van der Waals surface area contributed by atoms with E-state index in [9.17, 15) is 18.0 Å². The Kier molecular flexibility index (Phi) is 4.09. The van der Waals surface area contributed by atoms with Crippen molar-refractivity contribution in [2.45, 2.75) is 25.6 Å². The first-order valence-corrected chi connectivity index (χ1v) is 5.54. The van der Waals surface area contributed by atoms with Crippen LogP contribution in [0.2, 0.25) is 0 Å². The van der Waals surface area contributed by atoms with Gasteiger partial charge in [0, 0.05) is 17.8 Å². The maximum atomic E-state index is 12.5. The lowest BCUT2D eigenvalue weighted by Gasteiger charge is -2.21. The Morgan fingerprint density at radius 2 is 1.89 bits per heavy atom. The number of primary amides is 1. The molecule has 0 saturated carbocycles. The average molecular weight is 275 g/mol. The summed E-state index contributed by atoms with van der Waals surface area (Å²) < 4.78 is 37.6. The van der Waals surface area contributed by atoms with Crippen molar-refractivity contribution in [1.82, 2.24) is 0 Å². The highest BCUT2D eigenvalue weighted by Gasteiger charge is 2.31. The molecule has 5 N–H and O–H groups in total. The minimum atomic E-state index is -4.52. The number of amides is 1. The van der Waals surface area contributed by atoms with Crippen molar-refractivity contribution in [3.8, 4) is 0 Å². The number of carbonyl (C=O) groups is 1. The molecule has 106 valence electrons. The summed E-state index contributed by atoms with van der Waals surface area (Å²) in [5.74, 6) is -0.927. The molecule has 0 atom stereocenters. The van der Waals surface area contributed by atoms with Crippen LogP contribution < -0.4 is 16.8 Å². The van der Waals surface area contributed by atoms with Gasteiger partial charge in [-0.15, -0.1) is 0 Å². The zero-order chi connectivity index (χ0) is 14.8. The fraction of sp³-hybridized carbons (Fsp3) is 0.417. The van der Waals surface area contributed by atoms with Crippen LogP contribution in [-0.4, -0.2) is 18.0 Å². The molecule has 0 bridgehead atoms. The normalized spacial score (nSPS) is 12.3. The van der Waals surface area contributed by atoms with E-state index < -0.39 is 23.2 Å². The first-order valence-electron chi connectivity index (χ1n) is 5.54. The van der Waals surface area contributed by atoms with E-state index in [0.717, 1.165) is 12.1 Å². The summed E-state index contributed by atoms with van der Waals surface area (Å²) in [7, 11) is 0. The third-order valence-corrected chi connectivity index (χ3v) is 2.35. The number of alkyl halides is 3. The zero-order valence-corrected chi connectivity index (χ0v) is 10.6. The van der Waals surface area contributed by atoms with Crippen molar-refractivity contribution < 1.29 is 18.0 Å². The Labute approximate surface area is 109 Å². The highest BCUT2D eigenvalue weighted by Crippen LogP contribution is 2.31. The molecule has 1 amide bonds. The summed E-state index contributed by atoms with van der Waals surface area (Å²) >= 11 is 0. The van der Waals surface area contributed by atoms with Gasteiger partial charge in [0.1, 0.15) is 0 Å². The molecule has 0 aromatic heterocycles. The second kappa shape index (κ2) is 5.08. The number of benzene rings is 1. The Morgan fingerprint density at radius 3 is 2.32 bits per heavy atom. The summed E-state index contributed by atoms with van der Waals surface area (Å²) in [5, 5.41) is 2.82. The lowest BCUT2D eigenvalue weighted by Crippen LogP contribution is -2.40. The Morgan fingerprint density at radius 1 is 1.32 bits per heavy atom. The third-order valence-electron chi connectivity index (χ3n) is 2.35. The maximum Gasteiger partial charge on any atom is 0.416 e.